The average molecular weight is 221 g/mol. The van der Waals surface area contributed by atoms with Gasteiger partial charge in [0.25, 0.3) is 0 Å². The molecule has 1 atom stereocenters. The van der Waals surface area contributed by atoms with Gasteiger partial charge in [-0.25, -0.2) is 9.65 Å². The quantitative estimate of drug-likeness (QED) is 0.394. The van der Waals surface area contributed by atoms with Crippen LogP contribution in [0, 0.1) is 0 Å². The van der Waals surface area contributed by atoms with E-state index in [1.54, 1.807) is 0 Å². The smallest absolute Gasteiger partial charge is 0.312 e. The molecule has 0 aliphatic heterocycles. The summed E-state index contributed by atoms with van der Waals surface area (Å²) in [5.41, 5.74) is 1.10. The molecule has 0 amide bonds. The minimum Gasteiger partial charge on any atom is -0.312 e. The Kier molecular flexibility index (Phi) is 7.11. The van der Waals surface area contributed by atoms with Crippen LogP contribution < -0.4 is 5.09 Å². The van der Waals surface area contributed by atoms with Gasteiger partial charge < -0.3 is 4.89 Å². The van der Waals surface area contributed by atoms with Crippen LogP contribution in [0.15, 0.2) is 11.6 Å². The van der Waals surface area contributed by atoms with E-state index in [0.717, 1.165) is 18.4 Å². The van der Waals surface area contributed by atoms with Gasteiger partial charge in [0, 0.05) is 6.54 Å². The van der Waals surface area contributed by atoms with Crippen molar-refractivity contribution in [2.24, 2.45) is 0 Å². The molecule has 0 heterocycles. The van der Waals surface area contributed by atoms with Gasteiger partial charge in [-0.15, -0.1) is 0 Å². The molecule has 0 aliphatic carbocycles. The van der Waals surface area contributed by atoms with E-state index >= 15 is 0 Å². The summed E-state index contributed by atoms with van der Waals surface area (Å²) in [6.45, 7) is 6.56. The second kappa shape index (κ2) is 7.18. The molecule has 0 spiro atoms. The number of unbranched alkanes of at least 4 members (excludes halogenated alkanes) is 1. The van der Waals surface area contributed by atoms with E-state index in [1.807, 2.05) is 26.8 Å². The summed E-state index contributed by atoms with van der Waals surface area (Å²) in [6.07, 6.45) is 3.59. The molecule has 0 radical (unpaired) electrons. The number of hydrogen-bond acceptors (Lipinski definition) is 2. The van der Waals surface area contributed by atoms with Crippen LogP contribution >= 0.6 is 7.75 Å². The van der Waals surface area contributed by atoms with Crippen LogP contribution in [0.3, 0.4) is 0 Å². The zero-order chi connectivity index (χ0) is 11.0. The fourth-order valence-corrected chi connectivity index (χ4v) is 1.53. The molecule has 0 aliphatic rings. The zero-order valence-corrected chi connectivity index (χ0v) is 10.0. The van der Waals surface area contributed by atoms with Crippen molar-refractivity contribution >= 4 is 7.75 Å². The van der Waals surface area contributed by atoms with Crippen LogP contribution in [-0.2, 0) is 9.09 Å². The average Bonchev–Trinajstić information content (AvgIpc) is 2.03. The highest BCUT2D eigenvalue weighted by atomic mass is 31.2. The Bertz CT molecular complexity index is 224. The SMILES string of the molecule is CCCCOP(=O)(O)NCC=C(C)C. The first-order chi connectivity index (χ1) is 6.48. The Morgan fingerprint density at radius 2 is 2.21 bits per heavy atom. The Morgan fingerprint density at radius 1 is 1.57 bits per heavy atom. The van der Waals surface area contributed by atoms with Gasteiger partial charge in [0.15, 0.2) is 0 Å². The topological polar surface area (TPSA) is 58.6 Å². The third-order valence-electron chi connectivity index (χ3n) is 1.57. The third kappa shape index (κ3) is 8.45. The molecule has 0 aromatic rings. The summed E-state index contributed by atoms with van der Waals surface area (Å²) in [4.78, 5) is 9.25. The molecular weight excluding hydrogens is 201 g/mol. The van der Waals surface area contributed by atoms with Crippen LogP contribution in [0.2, 0.25) is 0 Å². The lowest BCUT2D eigenvalue weighted by Gasteiger charge is -2.11. The predicted octanol–water partition coefficient (Wildman–Crippen LogP) is 2.46. The van der Waals surface area contributed by atoms with Gasteiger partial charge >= 0.3 is 7.75 Å². The third-order valence-corrected chi connectivity index (χ3v) is 2.68. The highest BCUT2D eigenvalue weighted by Gasteiger charge is 2.16. The Morgan fingerprint density at radius 3 is 2.71 bits per heavy atom. The van der Waals surface area contributed by atoms with Gasteiger partial charge in [-0.1, -0.05) is 25.0 Å². The standard InChI is InChI=1S/C9H20NO3P/c1-4-5-8-13-14(11,12)10-7-6-9(2)3/h6H,4-5,7-8H2,1-3H3,(H2,10,11,12). The maximum atomic E-state index is 11.3. The van der Waals surface area contributed by atoms with Crippen molar-refractivity contribution in [1.82, 2.24) is 5.09 Å². The second-order valence-corrected chi connectivity index (χ2v) is 4.97. The molecule has 14 heavy (non-hydrogen) atoms. The molecule has 0 bridgehead atoms. The highest BCUT2D eigenvalue weighted by molar-refractivity contribution is 7.50. The van der Waals surface area contributed by atoms with Crippen molar-refractivity contribution in [3.05, 3.63) is 11.6 Å². The molecule has 5 heteroatoms. The van der Waals surface area contributed by atoms with E-state index in [2.05, 4.69) is 5.09 Å². The van der Waals surface area contributed by atoms with E-state index in [4.69, 9.17) is 4.52 Å². The molecule has 0 aromatic heterocycles. The molecule has 1 unspecified atom stereocenters. The number of nitrogens with one attached hydrogen (secondary N) is 1. The zero-order valence-electron chi connectivity index (χ0n) is 9.12. The molecule has 2 N–H and O–H groups in total. The van der Waals surface area contributed by atoms with E-state index < -0.39 is 7.75 Å². The summed E-state index contributed by atoms with van der Waals surface area (Å²) < 4.78 is 16.1. The van der Waals surface area contributed by atoms with Gasteiger partial charge in [-0.2, -0.15) is 0 Å². The number of hydrogen-bond donors (Lipinski definition) is 2. The van der Waals surface area contributed by atoms with E-state index in [9.17, 15) is 9.46 Å². The Balaban J connectivity index is 3.72. The molecule has 0 fully saturated rings. The first-order valence-corrected chi connectivity index (χ1v) is 6.41. The second-order valence-electron chi connectivity index (χ2n) is 3.35. The van der Waals surface area contributed by atoms with Gasteiger partial charge in [0.2, 0.25) is 0 Å². The monoisotopic (exact) mass is 221 g/mol. The Labute approximate surface area is 85.9 Å². The largest absolute Gasteiger partial charge is 0.403 e. The summed E-state index contributed by atoms with van der Waals surface area (Å²) in [5.74, 6) is 0. The fourth-order valence-electron chi connectivity index (χ4n) is 0.743. The van der Waals surface area contributed by atoms with Crippen LogP contribution in [-0.4, -0.2) is 18.0 Å². The molecule has 0 rings (SSSR count). The number of allylic oxidation sites excluding steroid dienone is 1. The summed E-state index contributed by atoms with van der Waals surface area (Å²) >= 11 is 0. The van der Waals surface area contributed by atoms with Crippen molar-refractivity contribution in [3.8, 4) is 0 Å². The lowest BCUT2D eigenvalue weighted by molar-refractivity contribution is 0.247. The molecule has 4 nitrogen and oxygen atoms in total. The lowest BCUT2D eigenvalue weighted by atomic mass is 10.3. The van der Waals surface area contributed by atoms with Crippen molar-refractivity contribution in [3.63, 3.8) is 0 Å². The summed E-state index contributed by atoms with van der Waals surface area (Å²) in [5, 5.41) is 2.46. The van der Waals surface area contributed by atoms with Crippen molar-refractivity contribution in [2.45, 2.75) is 33.6 Å². The maximum absolute atomic E-state index is 11.3. The van der Waals surface area contributed by atoms with E-state index in [0.29, 0.717) is 13.2 Å². The number of rotatable bonds is 7. The molecule has 0 aromatic carbocycles. The molecule has 0 saturated carbocycles. The van der Waals surface area contributed by atoms with Crippen molar-refractivity contribution < 1.29 is 14.0 Å². The van der Waals surface area contributed by atoms with Crippen LogP contribution in [0.1, 0.15) is 33.6 Å². The first-order valence-electron chi connectivity index (χ1n) is 4.84. The summed E-state index contributed by atoms with van der Waals surface area (Å²) in [7, 11) is -3.57. The normalized spacial score (nSPS) is 14.9. The predicted molar refractivity (Wildman–Crippen MR) is 58.1 cm³/mol. The highest BCUT2D eigenvalue weighted by Crippen LogP contribution is 2.36. The van der Waals surface area contributed by atoms with Crippen LogP contribution in [0.4, 0.5) is 0 Å². The molecule has 84 valence electrons. The van der Waals surface area contributed by atoms with Gasteiger partial charge in [-0.05, 0) is 20.3 Å². The van der Waals surface area contributed by atoms with E-state index in [1.165, 1.54) is 0 Å². The van der Waals surface area contributed by atoms with Gasteiger partial charge in [-0.3, -0.25) is 4.52 Å². The Hall–Kier alpha value is -0.150. The van der Waals surface area contributed by atoms with Crippen LogP contribution in [0.5, 0.6) is 0 Å². The lowest BCUT2D eigenvalue weighted by Crippen LogP contribution is -2.12. The first kappa shape index (κ1) is 13.8. The minimum absolute atomic E-state index is 0.325. The molecular formula is C9H20NO3P. The van der Waals surface area contributed by atoms with E-state index in [-0.39, 0.29) is 0 Å². The summed E-state index contributed by atoms with van der Waals surface area (Å²) in [6, 6.07) is 0. The molecule has 0 saturated heterocycles. The minimum atomic E-state index is -3.57. The van der Waals surface area contributed by atoms with Crippen LogP contribution in [0.25, 0.3) is 0 Å². The maximum Gasteiger partial charge on any atom is 0.403 e. The van der Waals surface area contributed by atoms with Crippen molar-refractivity contribution in [2.75, 3.05) is 13.2 Å². The van der Waals surface area contributed by atoms with Crippen molar-refractivity contribution in [1.29, 1.82) is 0 Å². The van der Waals surface area contributed by atoms with Gasteiger partial charge in [0.05, 0.1) is 6.61 Å². The van der Waals surface area contributed by atoms with Gasteiger partial charge in [0.1, 0.15) is 0 Å². The fraction of sp³-hybridized carbons (Fsp3) is 0.778.